The Morgan fingerprint density at radius 2 is 0.450 bits per heavy atom. The van der Waals surface area contributed by atoms with Crippen LogP contribution in [0.3, 0.4) is 0 Å². The molecule has 622 valence electrons. The molecule has 0 aliphatic rings. The van der Waals surface area contributed by atoms with E-state index in [4.69, 9.17) is 42.1 Å². The molecule has 25 aromatic rings. The van der Waals surface area contributed by atoms with Crippen LogP contribution in [0.25, 0.3) is 214 Å². The van der Waals surface area contributed by atoms with E-state index in [1.807, 2.05) is 12.1 Å². The summed E-state index contributed by atoms with van der Waals surface area (Å²) in [6, 6.07) is 130. The number of pyridine rings is 2. The van der Waals surface area contributed by atoms with Crippen molar-refractivity contribution in [2.24, 2.45) is 0 Å². The molecule has 0 unspecified atom stereocenters. The van der Waals surface area contributed by atoms with Crippen LogP contribution >= 0.6 is 0 Å². The quantitative estimate of drug-likeness (QED) is 0.0556. The first-order valence-corrected chi connectivity index (χ1v) is 44.4. The largest absolute Gasteiger partial charge is 0.493 e. The molecule has 0 atom stereocenters. The number of ether oxygens (including phenoxy) is 4. The van der Waals surface area contributed by atoms with Crippen molar-refractivity contribution in [1.82, 2.24) is 41.9 Å². The van der Waals surface area contributed by atoms with Gasteiger partial charge >= 0.3 is 0 Å². The van der Waals surface area contributed by atoms with Gasteiger partial charge in [0.1, 0.15) is 46.3 Å². The van der Waals surface area contributed by atoms with Crippen molar-refractivity contribution in [2.45, 2.75) is 26.7 Å². The SMILES string of the molecule is [C-]#[N+]c1cc([N+]#[C-])cc(-c2c(C)c(C)c(-n3c4ccccc4c4ccccc43)c(-n3c4ccc(OCCCOc5cc(-n6c7ccccc7c7ccccc76)nc(-n6c7ccccc7c7ccccc76)c5)cc4c4cc(OCCCOc5cc(-n6c7ccccc7c7ccccc76)nc(-n6c7ccccc7c7ccccc76)c5)ccc43)c2-n2c3ccccc3c3ccccc32)c1. The summed E-state index contributed by atoms with van der Waals surface area (Å²) in [4.78, 5) is 19.2. The Labute approximate surface area is 751 Å². The highest BCUT2D eigenvalue weighted by Crippen LogP contribution is 2.52. The Kier molecular flexibility index (Phi) is 17.8. The van der Waals surface area contributed by atoms with Gasteiger partial charge in [-0.15, -0.1) is 0 Å². The summed E-state index contributed by atoms with van der Waals surface area (Å²) in [5, 5.41) is 15.4. The van der Waals surface area contributed by atoms with Crippen molar-refractivity contribution in [3.63, 3.8) is 0 Å². The van der Waals surface area contributed by atoms with E-state index in [0.29, 0.717) is 73.6 Å². The zero-order chi connectivity index (χ0) is 87.1. The monoisotopic (exact) mass is 1690 g/mol. The summed E-state index contributed by atoms with van der Waals surface area (Å²) in [5.74, 6) is 5.68. The van der Waals surface area contributed by atoms with E-state index in [0.717, 1.165) is 215 Å². The second-order valence-electron chi connectivity index (χ2n) is 33.7. The van der Waals surface area contributed by atoms with Gasteiger partial charge in [0.15, 0.2) is 11.4 Å². The molecule has 9 heterocycles. The van der Waals surface area contributed by atoms with Crippen LogP contribution in [0, 0.1) is 27.0 Å². The number of aromatic nitrogens is 9. The van der Waals surface area contributed by atoms with Gasteiger partial charge in [-0.25, -0.2) is 19.7 Å². The number of rotatable bonds is 20. The van der Waals surface area contributed by atoms with E-state index in [1.165, 1.54) is 0 Å². The fraction of sp³-hybridized carbons (Fsp3) is 0.0690. The van der Waals surface area contributed by atoms with E-state index in [2.05, 4.69) is 407 Å². The van der Waals surface area contributed by atoms with Crippen LogP contribution in [-0.2, 0) is 0 Å². The molecule has 0 saturated heterocycles. The molecule has 0 aliphatic heterocycles. The normalized spacial score (nSPS) is 11.9. The molecule has 0 radical (unpaired) electrons. The molecule has 16 aromatic carbocycles. The second kappa shape index (κ2) is 30.7. The number of fused-ring (bicyclic) bond motifs is 21. The first kappa shape index (κ1) is 76.1. The standard InChI is InChI=1S/C116H79N11O4/c1-72-73(2)114(125-103-51-25-13-39-89(103)90-40-14-26-52-104(90)125)116(115(113(72)74-63-75(117-3)65-76(64-74)118-4)126-105-53-27-15-41-91(105)92-42-16-28-54-106(92)126)127-107-57-55-77(128-59-29-61-130-79-68-109(121-95-43-17-5-31-81(95)82-32-6-18-44-96(82)121)119-110(69-79)122-97-45-19-7-33-83(97)84-34-8-20-46-98(84)122)66-93(107)94-67-78(56-58-108(94)127)129-60-30-62-131-80-70-111(123-99-47-21-9-35-85(99)86-36-10-22-48-100(86)123)120-112(71-80)124-101-49-23-11-37-87(101)88-38-12-24-50-102(88)124/h5-28,31-58,63-71H,29-30,59-62H2,1-2H3. The Morgan fingerprint density at radius 3 is 0.718 bits per heavy atom. The molecule has 15 heteroatoms. The third kappa shape index (κ3) is 12.2. The van der Waals surface area contributed by atoms with Gasteiger partial charge in [-0.3, -0.25) is 18.3 Å². The van der Waals surface area contributed by atoms with Crippen molar-refractivity contribution >= 4 is 164 Å². The first-order chi connectivity index (χ1) is 64.8. The van der Waals surface area contributed by atoms with Gasteiger partial charge in [0.05, 0.1) is 134 Å². The van der Waals surface area contributed by atoms with Gasteiger partial charge in [0.2, 0.25) is 0 Å². The minimum absolute atomic E-state index is 0.334. The lowest BCUT2D eigenvalue weighted by atomic mass is 9.90. The molecular weight excluding hydrogens is 1610 g/mol. The number of hydrogen-bond donors (Lipinski definition) is 0. The maximum Gasteiger partial charge on any atom is 0.177 e. The van der Waals surface area contributed by atoms with Gasteiger partial charge < -0.3 is 32.6 Å². The highest BCUT2D eigenvalue weighted by Gasteiger charge is 2.33. The van der Waals surface area contributed by atoms with Gasteiger partial charge in [0, 0.05) is 118 Å². The average Bonchev–Trinajstić information content (AvgIpc) is 1.60. The lowest BCUT2D eigenvalue weighted by Crippen LogP contribution is -2.14. The molecule has 131 heavy (non-hydrogen) atoms. The average molecular weight is 1690 g/mol. The Balaban J connectivity index is 0.629. The number of nitrogens with zero attached hydrogens (tertiary/aromatic N) is 11. The molecule has 25 rings (SSSR count). The minimum Gasteiger partial charge on any atom is -0.493 e. The predicted octanol–water partition coefficient (Wildman–Crippen LogP) is 29.2. The lowest BCUT2D eigenvalue weighted by molar-refractivity contribution is 0.247. The van der Waals surface area contributed by atoms with Crippen LogP contribution in [0.4, 0.5) is 11.4 Å². The number of benzene rings is 16. The molecule has 15 nitrogen and oxygen atoms in total. The van der Waals surface area contributed by atoms with Gasteiger partial charge in [-0.05, 0) is 140 Å². The minimum atomic E-state index is 0.334. The molecule has 0 spiro atoms. The Morgan fingerprint density at radius 1 is 0.221 bits per heavy atom. The Bertz CT molecular complexity index is 8210. The second-order valence-corrected chi connectivity index (χ2v) is 33.7. The Hall–Kier alpha value is -17.4. The summed E-state index contributed by atoms with van der Waals surface area (Å²) >= 11 is 0. The molecule has 9 aromatic heterocycles. The smallest absolute Gasteiger partial charge is 0.177 e. The van der Waals surface area contributed by atoms with Gasteiger partial charge in [-0.2, -0.15) is 0 Å². The third-order valence-corrected chi connectivity index (χ3v) is 26.4. The van der Waals surface area contributed by atoms with Crippen LogP contribution in [0.5, 0.6) is 23.0 Å². The number of hydrogen-bond acceptors (Lipinski definition) is 6. The highest BCUT2D eigenvalue weighted by molar-refractivity contribution is 6.18. The summed E-state index contributed by atoms with van der Waals surface area (Å²) in [5.41, 5.74) is 21.4. The van der Waals surface area contributed by atoms with Crippen molar-refractivity contribution in [1.29, 1.82) is 0 Å². The summed E-state index contributed by atoms with van der Waals surface area (Å²) in [6.07, 6.45) is 1.09. The van der Waals surface area contributed by atoms with E-state index < -0.39 is 0 Å². The fourth-order valence-corrected chi connectivity index (χ4v) is 20.7. The topological polar surface area (TPSA) is 106 Å². The van der Waals surface area contributed by atoms with Crippen molar-refractivity contribution in [3.8, 4) is 74.5 Å². The van der Waals surface area contributed by atoms with Crippen LogP contribution in [0.15, 0.2) is 370 Å². The zero-order valence-electron chi connectivity index (χ0n) is 71.5. The van der Waals surface area contributed by atoms with Crippen LogP contribution in [0.2, 0.25) is 0 Å². The van der Waals surface area contributed by atoms with Crippen molar-refractivity contribution < 1.29 is 18.9 Å². The summed E-state index contributed by atoms with van der Waals surface area (Å²) in [6.45, 7) is 23.0. The number of para-hydroxylation sites is 12. The molecule has 0 bridgehead atoms. The summed E-state index contributed by atoms with van der Waals surface area (Å²) < 4.78 is 44.5. The lowest BCUT2D eigenvalue weighted by Gasteiger charge is -2.29. The van der Waals surface area contributed by atoms with Gasteiger partial charge in [0.25, 0.3) is 0 Å². The molecule has 0 saturated carbocycles. The predicted molar refractivity (Wildman–Crippen MR) is 534 cm³/mol. The summed E-state index contributed by atoms with van der Waals surface area (Å²) in [7, 11) is 0. The van der Waals surface area contributed by atoms with Gasteiger partial charge in [-0.1, -0.05) is 237 Å². The van der Waals surface area contributed by atoms with Crippen LogP contribution < -0.4 is 18.9 Å². The molecule has 0 amide bonds. The maximum atomic E-state index is 8.58. The first-order valence-electron chi connectivity index (χ1n) is 44.4. The molecule has 0 aliphatic carbocycles. The highest BCUT2D eigenvalue weighted by atomic mass is 16.5. The third-order valence-electron chi connectivity index (χ3n) is 26.4. The fourth-order valence-electron chi connectivity index (χ4n) is 20.7. The van der Waals surface area contributed by atoms with Crippen molar-refractivity contribution in [3.05, 3.63) is 404 Å². The molecule has 0 N–H and O–H groups in total. The van der Waals surface area contributed by atoms with E-state index in [-0.39, 0.29) is 0 Å². The van der Waals surface area contributed by atoms with Crippen molar-refractivity contribution in [2.75, 3.05) is 26.4 Å². The molecular formula is C116H79N11O4. The van der Waals surface area contributed by atoms with E-state index in [1.54, 1.807) is 6.07 Å². The maximum absolute atomic E-state index is 8.58. The van der Waals surface area contributed by atoms with E-state index >= 15 is 0 Å². The van der Waals surface area contributed by atoms with Crippen LogP contribution in [0.1, 0.15) is 24.0 Å². The molecule has 0 fully saturated rings. The zero-order valence-corrected chi connectivity index (χ0v) is 71.5. The van der Waals surface area contributed by atoms with Crippen LogP contribution in [-0.4, -0.2) is 68.4 Å². The van der Waals surface area contributed by atoms with E-state index in [9.17, 15) is 0 Å².